The first-order valence-electron chi connectivity index (χ1n) is 12.9. The van der Waals surface area contributed by atoms with E-state index in [1.54, 1.807) is 40.0 Å². The highest BCUT2D eigenvalue weighted by atomic mass is 19.1. The number of ketones is 1. The molecule has 1 aromatic heterocycles. The molecular weight excluding hydrogens is 491 g/mol. The number of ether oxygens (including phenoxy) is 1. The fourth-order valence-electron chi connectivity index (χ4n) is 4.40. The van der Waals surface area contributed by atoms with Crippen LogP contribution < -0.4 is 10.9 Å². The second-order valence-electron chi connectivity index (χ2n) is 10.5. The van der Waals surface area contributed by atoms with E-state index in [1.165, 1.54) is 21.6 Å². The summed E-state index contributed by atoms with van der Waals surface area (Å²) >= 11 is 0. The van der Waals surface area contributed by atoms with E-state index in [0.717, 1.165) is 12.0 Å². The van der Waals surface area contributed by atoms with Crippen molar-refractivity contribution in [3.63, 3.8) is 0 Å². The van der Waals surface area contributed by atoms with Gasteiger partial charge in [0.25, 0.3) is 5.56 Å². The second-order valence-corrected chi connectivity index (χ2v) is 10.5. The molecule has 2 heterocycles. The van der Waals surface area contributed by atoms with Gasteiger partial charge in [-0.3, -0.25) is 14.2 Å². The quantitative estimate of drug-likeness (QED) is 0.268. The van der Waals surface area contributed by atoms with E-state index >= 15 is 0 Å². The molecule has 0 fully saturated rings. The summed E-state index contributed by atoms with van der Waals surface area (Å²) in [5.74, 6) is -1.38. The lowest BCUT2D eigenvalue weighted by Gasteiger charge is -2.30. The van der Waals surface area contributed by atoms with Gasteiger partial charge in [0, 0.05) is 32.2 Å². The van der Waals surface area contributed by atoms with Crippen LogP contribution in [0.15, 0.2) is 35.6 Å². The Morgan fingerprint density at radius 1 is 1.34 bits per heavy atom. The maximum absolute atomic E-state index is 13.8. The molecule has 1 aliphatic rings. The largest absolute Gasteiger partial charge is 0.501 e. The molecule has 1 amide bonds. The van der Waals surface area contributed by atoms with Gasteiger partial charge in [-0.2, -0.15) is 0 Å². The van der Waals surface area contributed by atoms with Gasteiger partial charge in [-0.25, -0.2) is 14.2 Å². The second kappa shape index (κ2) is 12.2. The van der Waals surface area contributed by atoms with Crippen molar-refractivity contribution in [1.29, 1.82) is 0 Å². The summed E-state index contributed by atoms with van der Waals surface area (Å²) in [5.41, 5.74) is -0.459. The number of amides is 1. The highest BCUT2D eigenvalue weighted by molar-refractivity contribution is 5.96. The lowest BCUT2D eigenvalue weighted by atomic mass is 10.0. The van der Waals surface area contributed by atoms with Gasteiger partial charge >= 0.3 is 6.09 Å². The van der Waals surface area contributed by atoms with Crippen LogP contribution in [-0.4, -0.2) is 50.6 Å². The molecule has 10 heteroatoms. The van der Waals surface area contributed by atoms with E-state index in [4.69, 9.17) is 4.74 Å². The minimum Gasteiger partial charge on any atom is -0.501 e. The monoisotopic (exact) mass is 528 g/mol. The number of nitrogens with zero attached hydrogens (tertiary/aromatic N) is 3. The number of hydrogen-bond donors (Lipinski definition) is 2. The van der Waals surface area contributed by atoms with Crippen LogP contribution >= 0.6 is 0 Å². The van der Waals surface area contributed by atoms with Crippen molar-refractivity contribution in [1.82, 2.24) is 14.5 Å². The third-order valence-corrected chi connectivity index (χ3v) is 6.35. The van der Waals surface area contributed by atoms with Crippen LogP contribution in [0.4, 0.5) is 14.9 Å². The summed E-state index contributed by atoms with van der Waals surface area (Å²) in [6, 6.07) is 3.68. The van der Waals surface area contributed by atoms with Gasteiger partial charge in [0.1, 0.15) is 17.2 Å². The summed E-state index contributed by atoms with van der Waals surface area (Å²) < 4.78 is 20.7. The molecule has 0 saturated heterocycles. The fraction of sp³-hybridized carbons (Fsp3) is 0.500. The van der Waals surface area contributed by atoms with E-state index < -0.39 is 40.6 Å². The zero-order valence-electron chi connectivity index (χ0n) is 22.6. The van der Waals surface area contributed by atoms with Crippen molar-refractivity contribution in [3.05, 3.63) is 64.1 Å². The number of aromatic nitrogens is 2. The Kier molecular flexibility index (Phi) is 9.30. The zero-order valence-corrected chi connectivity index (χ0v) is 22.6. The number of benzene rings is 1. The first-order chi connectivity index (χ1) is 17.9. The Morgan fingerprint density at radius 3 is 2.76 bits per heavy atom. The zero-order chi connectivity index (χ0) is 28.0. The third-order valence-electron chi connectivity index (χ3n) is 6.35. The topological polar surface area (TPSA) is 114 Å². The number of rotatable bonds is 9. The van der Waals surface area contributed by atoms with Crippen molar-refractivity contribution < 1.29 is 23.8 Å². The van der Waals surface area contributed by atoms with Gasteiger partial charge < -0.3 is 20.1 Å². The Labute approximate surface area is 222 Å². The summed E-state index contributed by atoms with van der Waals surface area (Å²) in [7, 11) is 1.57. The number of aromatic hydroxyl groups is 1. The van der Waals surface area contributed by atoms with Crippen molar-refractivity contribution in [2.75, 3.05) is 18.9 Å². The van der Waals surface area contributed by atoms with Crippen molar-refractivity contribution >= 4 is 17.6 Å². The molecule has 1 unspecified atom stereocenters. The van der Waals surface area contributed by atoms with Crippen molar-refractivity contribution in [2.45, 2.75) is 77.5 Å². The number of fused-ring (bicyclic) bond motifs is 1. The van der Waals surface area contributed by atoms with E-state index in [1.807, 2.05) is 0 Å². The Morgan fingerprint density at radius 2 is 2.08 bits per heavy atom. The summed E-state index contributed by atoms with van der Waals surface area (Å²) in [4.78, 5) is 44.9. The van der Waals surface area contributed by atoms with Gasteiger partial charge in [0.05, 0.1) is 6.04 Å². The number of aryl methyl sites for hydroxylation is 1. The molecule has 2 N–H and O–H groups in total. The predicted molar refractivity (Wildman–Crippen MR) is 143 cm³/mol. The SMILES string of the molecule is C=CCCNc1cc(F)ccc1CCC(=O)c1nc2n(c(=O)c1O)CCCCC2N(C)C(=O)OC(C)(C)C. The molecule has 1 aliphatic heterocycles. The van der Waals surface area contributed by atoms with Crippen molar-refractivity contribution in [3.8, 4) is 5.75 Å². The number of carbonyl (C=O) groups excluding carboxylic acids is 2. The highest BCUT2D eigenvalue weighted by Gasteiger charge is 2.33. The molecule has 0 bridgehead atoms. The molecule has 2 aromatic rings. The van der Waals surface area contributed by atoms with Gasteiger partial charge in [0.15, 0.2) is 11.5 Å². The molecule has 1 aromatic carbocycles. The molecule has 0 spiro atoms. The van der Waals surface area contributed by atoms with Crippen LogP contribution in [0.5, 0.6) is 5.75 Å². The minimum atomic E-state index is -0.712. The number of carbonyl (C=O) groups is 2. The molecule has 0 aliphatic carbocycles. The third kappa shape index (κ3) is 6.99. The molecular formula is C28H37FN4O5. The Hall–Kier alpha value is -3.69. The van der Waals surface area contributed by atoms with Crippen LogP contribution in [0.3, 0.4) is 0 Å². The number of nitrogens with one attached hydrogen (secondary N) is 1. The lowest BCUT2D eigenvalue weighted by Crippen LogP contribution is -2.39. The molecule has 3 rings (SSSR count). The first kappa shape index (κ1) is 28.9. The molecule has 0 radical (unpaired) electrons. The normalized spacial score (nSPS) is 15.2. The average molecular weight is 529 g/mol. The molecule has 38 heavy (non-hydrogen) atoms. The fourth-order valence-corrected chi connectivity index (χ4v) is 4.40. The predicted octanol–water partition coefficient (Wildman–Crippen LogP) is 4.98. The van der Waals surface area contributed by atoms with Crippen molar-refractivity contribution in [2.24, 2.45) is 0 Å². The maximum Gasteiger partial charge on any atom is 0.410 e. The van der Waals surface area contributed by atoms with Crippen LogP contribution in [0, 0.1) is 5.82 Å². The van der Waals surface area contributed by atoms with E-state index in [2.05, 4.69) is 16.9 Å². The van der Waals surface area contributed by atoms with Gasteiger partial charge in [-0.1, -0.05) is 12.1 Å². The van der Waals surface area contributed by atoms with E-state index in [-0.39, 0.29) is 24.4 Å². The molecule has 0 saturated carbocycles. The van der Waals surface area contributed by atoms with Crippen LogP contribution in [0.1, 0.15) is 80.8 Å². The number of anilines is 1. The standard InChI is InChI=1S/C28H37FN4O5/c1-6-7-15-30-20-17-19(29)13-11-18(20)12-14-22(34)23-24(35)26(36)33-16-9-8-10-21(25(33)31-23)32(5)27(37)38-28(2,3)4/h6,11,13,17,21,30,35H,1,7-10,12,14-16H2,2-5H3. The number of Topliss-reactive ketones (excluding diaryl/α,β-unsaturated/α-hetero) is 1. The summed E-state index contributed by atoms with van der Waals surface area (Å²) in [6.45, 7) is 9.84. The smallest absolute Gasteiger partial charge is 0.410 e. The molecule has 9 nitrogen and oxygen atoms in total. The Balaban J connectivity index is 1.89. The lowest BCUT2D eigenvalue weighted by molar-refractivity contribution is 0.0202. The van der Waals surface area contributed by atoms with Gasteiger partial charge in [0.2, 0.25) is 5.75 Å². The Bertz CT molecular complexity index is 1250. The van der Waals surface area contributed by atoms with Crippen LogP contribution in [-0.2, 0) is 17.7 Å². The number of halogens is 1. The van der Waals surface area contributed by atoms with Crippen LogP contribution in [0.25, 0.3) is 0 Å². The van der Waals surface area contributed by atoms with E-state index in [0.29, 0.717) is 38.0 Å². The summed E-state index contributed by atoms with van der Waals surface area (Å²) in [6.07, 6.45) is 3.95. The average Bonchev–Trinajstić information content (AvgIpc) is 3.06. The number of hydrogen-bond acceptors (Lipinski definition) is 7. The molecule has 1 atom stereocenters. The van der Waals surface area contributed by atoms with Crippen LogP contribution in [0.2, 0.25) is 0 Å². The molecule has 206 valence electrons. The van der Waals surface area contributed by atoms with E-state index in [9.17, 15) is 23.9 Å². The van der Waals surface area contributed by atoms with Gasteiger partial charge in [-0.15, -0.1) is 6.58 Å². The van der Waals surface area contributed by atoms with Gasteiger partial charge in [-0.05, 0) is 70.6 Å². The first-order valence-corrected chi connectivity index (χ1v) is 12.9. The minimum absolute atomic E-state index is 0.0577. The maximum atomic E-state index is 13.8. The summed E-state index contributed by atoms with van der Waals surface area (Å²) in [5, 5.41) is 13.8. The highest BCUT2D eigenvalue weighted by Crippen LogP contribution is 2.30.